The van der Waals surface area contributed by atoms with Crippen molar-refractivity contribution >= 4 is 10.9 Å². The lowest BCUT2D eigenvalue weighted by Gasteiger charge is -2.24. The van der Waals surface area contributed by atoms with Crippen LogP contribution >= 0.6 is 0 Å². The minimum absolute atomic E-state index is 0.311. The smallest absolute Gasteiger partial charge is 0.116 e. The summed E-state index contributed by atoms with van der Waals surface area (Å²) in [4.78, 5) is 3.54. The Morgan fingerprint density at radius 1 is 1.10 bits per heavy atom. The molecule has 0 aliphatic carbocycles. The normalized spacial score (nSPS) is 17.8. The molecule has 3 heteroatoms. The number of nitrogens with one attached hydrogen (secondary N) is 2. The molecule has 0 bridgehead atoms. The third kappa shape index (κ3) is 2.20. The van der Waals surface area contributed by atoms with E-state index in [4.69, 9.17) is 0 Å². The van der Waals surface area contributed by atoms with Gasteiger partial charge in [0.05, 0.1) is 6.04 Å². The fraction of sp³-hybridized carbons (Fsp3) is 0.222. The van der Waals surface area contributed by atoms with Gasteiger partial charge in [-0.05, 0) is 48.7 Å². The number of hydrogen-bond donors (Lipinski definition) is 3. The fourth-order valence-corrected chi connectivity index (χ4v) is 3.32. The molecule has 21 heavy (non-hydrogen) atoms. The van der Waals surface area contributed by atoms with Crippen molar-refractivity contribution in [2.75, 3.05) is 6.54 Å². The summed E-state index contributed by atoms with van der Waals surface area (Å²) in [6, 6.07) is 16.4. The van der Waals surface area contributed by atoms with Crippen molar-refractivity contribution in [3.05, 3.63) is 65.4 Å². The highest BCUT2D eigenvalue weighted by Crippen LogP contribution is 2.33. The minimum atomic E-state index is 0.311. The number of phenols is 1. The summed E-state index contributed by atoms with van der Waals surface area (Å²) in [7, 11) is 0. The van der Waals surface area contributed by atoms with E-state index in [1.807, 2.05) is 12.1 Å². The van der Waals surface area contributed by atoms with E-state index >= 15 is 0 Å². The maximum absolute atomic E-state index is 9.72. The summed E-state index contributed by atoms with van der Waals surface area (Å²) >= 11 is 0. The summed E-state index contributed by atoms with van der Waals surface area (Å²) in [6.45, 7) is 0.979. The van der Waals surface area contributed by atoms with E-state index < -0.39 is 0 Å². The number of hydrogen-bond acceptors (Lipinski definition) is 2. The zero-order chi connectivity index (χ0) is 14.2. The molecule has 2 aromatic carbocycles. The van der Waals surface area contributed by atoms with Gasteiger partial charge in [0.15, 0.2) is 0 Å². The highest BCUT2D eigenvalue weighted by Gasteiger charge is 2.24. The van der Waals surface area contributed by atoms with Crippen molar-refractivity contribution in [2.45, 2.75) is 18.9 Å². The fourth-order valence-electron chi connectivity index (χ4n) is 3.32. The van der Waals surface area contributed by atoms with Crippen molar-refractivity contribution in [3.63, 3.8) is 0 Å². The first kappa shape index (κ1) is 12.5. The third-order valence-electron chi connectivity index (χ3n) is 4.32. The topological polar surface area (TPSA) is 48.0 Å². The molecule has 1 aliphatic heterocycles. The Labute approximate surface area is 123 Å². The molecule has 0 saturated heterocycles. The predicted molar refractivity (Wildman–Crippen MR) is 84.6 cm³/mol. The highest BCUT2D eigenvalue weighted by atomic mass is 16.3. The van der Waals surface area contributed by atoms with Crippen molar-refractivity contribution in [1.82, 2.24) is 10.3 Å². The molecule has 4 rings (SSSR count). The van der Waals surface area contributed by atoms with Crippen LogP contribution in [0.4, 0.5) is 0 Å². The van der Waals surface area contributed by atoms with Gasteiger partial charge in [0.25, 0.3) is 0 Å². The quantitative estimate of drug-likeness (QED) is 0.673. The SMILES string of the molecule is Oc1ccc2[nH]c3c(c2c1)CCNC3Cc1ccccc1. The van der Waals surface area contributed by atoms with Crippen LogP contribution in [0.3, 0.4) is 0 Å². The Kier molecular flexibility index (Phi) is 2.93. The second kappa shape index (κ2) is 4.93. The third-order valence-corrected chi connectivity index (χ3v) is 4.32. The predicted octanol–water partition coefficient (Wildman–Crippen LogP) is 3.30. The Hall–Kier alpha value is -2.26. The number of aromatic amines is 1. The summed E-state index contributed by atoms with van der Waals surface area (Å²) in [5.41, 5.74) is 5.06. The van der Waals surface area contributed by atoms with Gasteiger partial charge < -0.3 is 15.4 Å². The van der Waals surface area contributed by atoms with E-state index in [9.17, 15) is 5.11 Å². The van der Waals surface area contributed by atoms with Crippen LogP contribution < -0.4 is 5.32 Å². The van der Waals surface area contributed by atoms with Crippen molar-refractivity contribution in [3.8, 4) is 5.75 Å². The van der Waals surface area contributed by atoms with Gasteiger partial charge >= 0.3 is 0 Å². The van der Waals surface area contributed by atoms with Crippen LogP contribution in [0.25, 0.3) is 10.9 Å². The Bertz CT molecular complexity index is 777. The van der Waals surface area contributed by atoms with Gasteiger partial charge in [0, 0.05) is 16.6 Å². The molecule has 0 radical (unpaired) electrons. The Balaban J connectivity index is 1.76. The van der Waals surface area contributed by atoms with E-state index in [0.717, 1.165) is 30.3 Å². The molecule has 0 saturated carbocycles. The maximum atomic E-state index is 9.72. The first-order valence-corrected chi connectivity index (χ1v) is 7.42. The van der Waals surface area contributed by atoms with Crippen molar-refractivity contribution in [1.29, 1.82) is 0 Å². The lowest BCUT2D eigenvalue weighted by Crippen LogP contribution is -2.31. The summed E-state index contributed by atoms with van der Waals surface area (Å²) in [6.07, 6.45) is 1.98. The van der Waals surface area contributed by atoms with Crippen LogP contribution in [0.15, 0.2) is 48.5 Å². The number of aromatic nitrogens is 1. The van der Waals surface area contributed by atoms with E-state index in [2.05, 4.69) is 40.6 Å². The molecule has 1 unspecified atom stereocenters. The van der Waals surface area contributed by atoms with Crippen molar-refractivity contribution < 1.29 is 5.11 Å². The van der Waals surface area contributed by atoms with Crippen LogP contribution in [0, 0.1) is 0 Å². The number of benzene rings is 2. The van der Waals surface area contributed by atoms with Crippen LogP contribution in [-0.4, -0.2) is 16.6 Å². The largest absolute Gasteiger partial charge is 0.508 e. The van der Waals surface area contributed by atoms with Crippen LogP contribution in [0.5, 0.6) is 5.75 Å². The molecular weight excluding hydrogens is 260 g/mol. The summed E-state index contributed by atoms with van der Waals surface area (Å²) < 4.78 is 0. The molecule has 0 fully saturated rings. The molecule has 2 heterocycles. The maximum Gasteiger partial charge on any atom is 0.116 e. The lowest BCUT2D eigenvalue weighted by molar-refractivity contribution is 0.476. The second-order valence-corrected chi connectivity index (χ2v) is 5.69. The van der Waals surface area contributed by atoms with Crippen LogP contribution in [0.2, 0.25) is 0 Å². The van der Waals surface area contributed by atoms with Gasteiger partial charge in [-0.25, -0.2) is 0 Å². The van der Waals surface area contributed by atoms with Gasteiger partial charge in [0.1, 0.15) is 5.75 Å². The number of aromatic hydroxyl groups is 1. The van der Waals surface area contributed by atoms with Gasteiger partial charge in [-0.3, -0.25) is 0 Å². The number of rotatable bonds is 2. The standard InChI is InChI=1S/C18H18N2O/c21-13-6-7-16-15(11-13)14-8-9-19-17(18(14)20-16)10-12-4-2-1-3-5-12/h1-7,11,17,19-21H,8-10H2. The van der Waals surface area contributed by atoms with E-state index in [0.29, 0.717) is 11.8 Å². The minimum Gasteiger partial charge on any atom is -0.508 e. The summed E-state index contributed by atoms with van der Waals surface area (Å²) in [5, 5.41) is 14.5. The summed E-state index contributed by atoms with van der Waals surface area (Å²) in [5.74, 6) is 0.336. The molecule has 0 amide bonds. The van der Waals surface area contributed by atoms with E-state index in [-0.39, 0.29) is 0 Å². The molecule has 3 N–H and O–H groups in total. The highest BCUT2D eigenvalue weighted by molar-refractivity contribution is 5.86. The first-order valence-electron chi connectivity index (χ1n) is 7.42. The lowest BCUT2D eigenvalue weighted by atomic mass is 9.95. The van der Waals surface area contributed by atoms with Crippen molar-refractivity contribution in [2.24, 2.45) is 0 Å². The molecule has 1 aromatic heterocycles. The average Bonchev–Trinajstić information content (AvgIpc) is 2.88. The Morgan fingerprint density at radius 3 is 2.81 bits per heavy atom. The molecule has 3 aromatic rings. The molecule has 3 nitrogen and oxygen atoms in total. The van der Waals surface area contributed by atoms with E-state index in [1.54, 1.807) is 6.07 Å². The molecule has 0 spiro atoms. The van der Waals surface area contributed by atoms with E-state index in [1.165, 1.54) is 16.8 Å². The number of H-pyrrole nitrogens is 1. The molecule has 1 atom stereocenters. The van der Waals surface area contributed by atoms with Crippen LogP contribution in [-0.2, 0) is 12.8 Å². The monoisotopic (exact) mass is 278 g/mol. The second-order valence-electron chi connectivity index (χ2n) is 5.69. The molecule has 1 aliphatic rings. The van der Waals surface area contributed by atoms with Gasteiger partial charge in [-0.1, -0.05) is 30.3 Å². The first-order chi connectivity index (χ1) is 10.3. The number of phenolic OH excluding ortho intramolecular Hbond substituents is 1. The molecular formula is C18H18N2O. The van der Waals surface area contributed by atoms with Gasteiger partial charge in [-0.15, -0.1) is 0 Å². The Morgan fingerprint density at radius 2 is 1.95 bits per heavy atom. The van der Waals surface area contributed by atoms with Gasteiger partial charge in [0.2, 0.25) is 0 Å². The van der Waals surface area contributed by atoms with Crippen LogP contribution in [0.1, 0.15) is 22.9 Å². The average molecular weight is 278 g/mol. The van der Waals surface area contributed by atoms with Gasteiger partial charge in [-0.2, -0.15) is 0 Å². The zero-order valence-corrected chi connectivity index (χ0v) is 11.8. The molecule has 106 valence electrons. The zero-order valence-electron chi connectivity index (χ0n) is 11.8. The number of fused-ring (bicyclic) bond motifs is 3.